The van der Waals surface area contributed by atoms with Crippen LogP contribution in [0.25, 0.3) is 11.6 Å². The molecule has 21 heavy (non-hydrogen) atoms. The molecule has 2 nitrogen and oxygen atoms in total. The predicted octanol–water partition coefficient (Wildman–Crippen LogP) is 4.95. The van der Waals surface area contributed by atoms with Crippen LogP contribution < -0.4 is 0 Å². The fourth-order valence-electron chi connectivity index (χ4n) is 1.84. The first kappa shape index (κ1) is 15.4. The Bertz CT molecular complexity index is 686. The molecule has 0 atom stereocenters. The Balaban J connectivity index is 2.23. The van der Waals surface area contributed by atoms with E-state index in [1.54, 1.807) is 13.2 Å². The maximum absolute atomic E-state index is 4.35. The van der Waals surface area contributed by atoms with E-state index in [0.29, 0.717) is 0 Å². The van der Waals surface area contributed by atoms with Crippen LogP contribution in [0, 0.1) is 6.92 Å². The van der Waals surface area contributed by atoms with Crippen LogP contribution in [0.2, 0.25) is 0 Å². The Morgan fingerprint density at radius 1 is 1.24 bits per heavy atom. The molecular formula is C18H17BrN2. The van der Waals surface area contributed by atoms with Gasteiger partial charge in [0.05, 0.1) is 5.69 Å². The minimum Gasteiger partial charge on any atom is -0.296 e. The molecule has 0 aliphatic rings. The summed E-state index contributed by atoms with van der Waals surface area (Å²) in [6, 6.07) is 12.2. The molecule has 0 N–H and O–H groups in total. The van der Waals surface area contributed by atoms with Crippen molar-refractivity contribution in [3.05, 3.63) is 76.0 Å². The van der Waals surface area contributed by atoms with Crippen LogP contribution in [0.4, 0.5) is 0 Å². The van der Waals surface area contributed by atoms with Crippen LogP contribution >= 0.6 is 15.9 Å². The number of benzene rings is 1. The molecule has 0 fully saturated rings. The Morgan fingerprint density at radius 2 is 2.10 bits per heavy atom. The summed E-state index contributed by atoms with van der Waals surface area (Å²) in [6.45, 7) is 2.08. The Kier molecular flexibility index (Phi) is 5.64. The zero-order valence-electron chi connectivity index (χ0n) is 12.1. The molecule has 1 aromatic carbocycles. The normalized spacial score (nSPS) is 12.4. The highest BCUT2D eigenvalue weighted by Crippen LogP contribution is 2.18. The molecule has 0 aliphatic heterocycles. The number of aryl methyl sites for hydroxylation is 1. The van der Waals surface area contributed by atoms with Crippen molar-refractivity contribution >= 4 is 33.8 Å². The van der Waals surface area contributed by atoms with Gasteiger partial charge in [-0.2, -0.15) is 0 Å². The summed E-state index contributed by atoms with van der Waals surface area (Å²) in [5, 5.41) is 0. The Morgan fingerprint density at radius 3 is 2.76 bits per heavy atom. The fourth-order valence-corrected chi connectivity index (χ4v) is 2.24. The predicted molar refractivity (Wildman–Crippen MR) is 94.5 cm³/mol. The summed E-state index contributed by atoms with van der Waals surface area (Å²) < 4.78 is 1.12. The van der Waals surface area contributed by atoms with Crippen molar-refractivity contribution < 1.29 is 0 Å². The highest BCUT2D eigenvalue weighted by molar-refractivity contribution is 9.10. The third-order valence-electron chi connectivity index (χ3n) is 2.99. The number of rotatable bonds is 4. The van der Waals surface area contributed by atoms with Gasteiger partial charge in [-0.25, -0.2) is 0 Å². The molecular weight excluding hydrogens is 324 g/mol. The lowest BCUT2D eigenvalue weighted by Crippen LogP contribution is -1.89. The number of allylic oxidation sites excluding steroid dienone is 3. The number of aliphatic imine (C=N–C) groups is 1. The zero-order valence-corrected chi connectivity index (χ0v) is 13.7. The van der Waals surface area contributed by atoms with Gasteiger partial charge in [-0.3, -0.25) is 9.98 Å². The largest absolute Gasteiger partial charge is 0.296 e. The number of pyridine rings is 1. The summed E-state index contributed by atoms with van der Waals surface area (Å²) in [4.78, 5) is 8.44. The van der Waals surface area contributed by atoms with Crippen molar-refractivity contribution in [1.82, 2.24) is 4.98 Å². The molecule has 0 spiro atoms. The molecule has 1 aromatic heterocycles. The van der Waals surface area contributed by atoms with Gasteiger partial charge in [-0.1, -0.05) is 52.4 Å². The molecule has 0 amide bonds. The number of hydrogen-bond donors (Lipinski definition) is 0. The van der Waals surface area contributed by atoms with Crippen molar-refractivity contribution in [2.75, 3.05) is 7.05 Å². The van der Waals surface area contributed by atoms with Crippen LogP contribution in [0.15, 0.2) is 64.2 Å². The second kappa shape index (κ2) is 7.70. The lowest BCUT2D eigenvalue weighted by atomic mass is 10.1. The minimum absolute atomic E-state index is 0.915. The highest BCUT2D eigenvalue weighted by Gasteiger charge is 1.97. The quantitative estimate of drug-likeness (QED) is 0.571. The van der Waals surface area contributed by atoms with Crippen molar-refractivity contribution in [2.45, 2.75) is 6.92 Å². The number of nitrogens with zero attached hydrogens (tertiary/aromatic N) is 2. The molecule has 3 heteroatoms. The number of hydrogen-bond acceptors (Lipinski definition) is 2. The summed E-state index contributed by atoms with van der Waals surface area (Å²) in [5.41, 5.74) is 4.28. The van der Waals surface area contributed by atoms with Crippen LogP contribution in [-0.4, -0.2) is 18.2 Å². The van der Waals surface area contributed by atoms with Crippen molar-refractivity contribution in [2.24, 2.45) is 4.99 Å². The van der Waals surface area contributed by atoms with Crippen LogP contribution in [-0.2, 0) is 0 Å². The van der Waals surface area contributed by atoms with E-state index in [2.05, 4.69) is 57.1 Å². The fraction of sp³-hybridized carbons (Fsp3) is 0.111. The number of aromatic nitrogens is 1. The third kappa shape index (κ3) is 4.50. The van der Waals surface area contributed by atoms with Gasteiger partial charge in [0, 0.05) is 29.5 Å². The van der Waals surface area contributed by atoms with Gasteiger partial charge < -0.3 is 0 Å². The zero-order chi connectivity index (χ0) is 15.1. The number of halogens is 1. The summed E-state index contributed by atoms with van der Waals surface area (Å²) in [6.07, 6.45) is 9.70. The molecule has 0 radical (unpaired) electrons. The van der Waals surface area contributed by atoms with E-state index in [0.717, 1.165) is 21.3 Å². The van der Waals surface area contributed by atoms with E-state index in [4.69, 9.17) is 0 Å². The summed E-state index contributed by atoms with van der Waals surface area (Å²) in [5.74, 6) is 0. The standard InChI is InChI=1S/C18H17BrN2/c1-14-9-10-15(12-17(14)19)6-5-7-16(13-20-2)18-8-3-4-11-21-18/h3-13H,1-2H3/b6-5+,16-7+,20-13?. The van der Waals surface area contributed by atoms with E-state index in [1.165, 1.54) is 5.56 Å². The second-order valence-corrected chi connectivity index (χ2v) is 5.45. The first-order valence-electron chi connectivity index (χ1n) is 6.69. The van der Waals surface area contributed by atoms with E-state index < -0.39 is 0 Å². The smallest absolute Gasteiger partial charge is 0.0717 e. The highest BCUT2D eigenvalue weighted by atomic mass is 79.9. The van der Waals surface area contributed by atoms with Crippen LogP contribution in [0.5, 0.6) is 0 Å². The molecule has 2 rings (SSSR count). The first-order chi connectivity index (χ1) is 10.2. The van der Waals surface area contributed by atoms with E-state index in [1.807, 2.05) is 36.6 Å². The summed E-state index contributed by atoms with van der Waals surface area (Å²) >= 11 is 3.55. The monoisotopic (exact) mass is 340 g/mol. The molecule has 106 valence electrons. The molecule has 2 aromatic rings. The third-order valence-corrected chi connectivity index (χ3v) is 3.84. The average molecular weight is 341 g/mol. The summed E-state index contributed by atoms with van der Waals surface area (Å²) in [7, 11) is 1.76. The first-order valence-corrected chi connectivity index (χ1v) is 7.48. The lowest BCUT2D eigenvalue weighted by molar-refractivity contribution is 1.29. The minimum atomic E-state index is 0.915. The molecule has 0 saturated heterocycles. The Hall–Kier alpha value is -2.00. The van der Waals surface area contributed by atoms with Crippen LogP contribution in [0.3, 0.4) is 0 Å². The van der Waals surface area contributed by atoms with Gasteiger partial charge in [-0.05, 0) is 36.2 Å². The maximum Gasteiger partial charge on any atom is 0.0717 e. The van der Waals surface area contributed by atoms with Gasteiger partial charge >= 0.3 is 0 Å². The molecule has 0 bridgehead atoms. The van der Waals surface area contributed by atoms with E-state index >= 15 is 0 Å². The van der Waals surface area contributed by atoms with Crippen molar-refractivity contribution in [1.29, 1.82) is 0 Å². The average Bonchev–Trinajstić information content (AvgIpc) is 2.51. The van der Waals surface area contributed by atoms with Gasteiger partial charge in [0.25, 0.3) is 0 Å². The van der Waals surface area contributed by atoms with E-state index in [9.17, 15) is 0 Å². The van der Waals surface area contributed by atoms with Gasteiger partial charge in [0.2, 0.25) is 0 Å². The van der Waals surface area contributed by atoms with Crippen molar-refractivity contribution in [3.63, 3.8) is 0 Å². The lowest BCUT2D eigenvalue weighted by Gasteiger charge is -2.00. The van der Waals surface area contributed by atoms with Gasteiger partial charge in [-0.15, -0.1) is 0 Å². The Labute approximate surface area is 134 Å². The van der Waals surface area contributed by atoms with Gasteiger partial charge in [0.15, 0.2) is 0 Å². The van der Waals surface area contributed by atoms with Crippen molar-refractivity contribution in [3.8, 4) is 0 Å². The molecule has 0 unspecified atom stereocenters. The SMILES string of the molecule is CN=C/C(=C\C=C\c1ccc(C)c(Br)c1)c1ccccn1. The second-order valence-electron chi connectivity index (χ2n) is 4.59. The van der Waals surface area contributed by atoms with E-state index in [-0.39, 0.29) is 0 Å². The topological polar surface area (TPSA) is 25.2 Å². The molecule has 0 saturated carbocycles. The molecule has 0 aliphatic carbocycles. The molecule has 1 heterocycles. The van der Waals surface area contributed by atoms with Crippen LogP contribution in [0.1, 0.15) is 16.8 Å². The van der Waals surface area contributed by atoms with Gasteiger partial charge in [0.1, 0.15) is 0 Å². The maximum atomic E-state index is 4.35.